The Labute approximate surface area is 203 Å². The number of thiocarbonyl (C=S) groups is 1. The molecule has 0 bridgehead atoms. The molecule has 1 N–H and O–H groups in total. The zero-order valence-corrected chi connectivity index (χ0v) is 20.2. The number of nitrogens with one attached hydrogen (secondary N) is 1. The molecular weight excluding hydrogens is 460 g/mol. The molecule has 1 aromatic heterocycles. The van der Waals surface area contributed by atoms with Gasteiger partial charge in [-0.1, -0.05) is 28.9 Å². The molecular formula is C24H25ClN4O3S. The Balaban J connectivity index is 1.75. The molecule has 0 amide bonds. The first-order valence-corrected chi connectivity index (χ1v) is 11.3. The summed E-state index contributed by atoms with van der Waals surface area (Å²) < 4.78 is 16.2. The molecule has 0 fully saturated rings. The third-order valence-electron chi connectivity index (χ3n) is 5.51. The number of nitrogens with zero attached hydrogens (tertiary/aromatic N) is 3. The van der Waals surface area contributed by atoms with Gasteiger partial charge >= 0.3 is 0 Å². The number of allylic oxidation sites excluding steroid dienone is 1. The van der Waals surface area contributed by atoms with Crippen LogP contribution in [0, 0.1) is 0 Å². The van der Waals surface area contributed by atoms with Gasteiger partial charge in [-0.15, -0.1) is 0 Å². The van der Waals surface area contributed by atoms with Crippen molar-refractivity contribution in [1.82, 2.24) is 20.4 Å². The molecule has 172 valence electrons. The van der Waals surface area contributed by atoms with Crippen LogP contribution in [0.3, 0.4) is 0 Å². The molecule has 1 atom stereocenters. The van der Waals surface area contributed by atoms with Gasteiger partial charge in [-0.25, -0.2) is 0 Å². The van der Waals surface area contributed by atoms with Crippen LogP contribution in [0.15, 0.2) is 58.8 Å². The van der Waals surface area contributed by atoms with E-state index in [4.69, 9.17) is 42.8 Å². The fraction of sp³-hybridized carbons (Fsp3) is 0.292. The third-order valence-corrected chi connectivity index (χ3v) is 6.09. The first-order valence-electron chi connectivity index (χ1n) is 10.5. The molecule has 0 aliphatic carbocycles. The fourth-order valence-corrected chi connectivity index (χ4v) is 4.37. The molecule has 0 saturated heterocycles. The van der Waals surface area contributed by atoms with Crippen LogP contribution >= 0.6 is 23.8 Å². The lowest BCUT2D eigenvalue weighted by Crippen LogP contribution is -2.46. The van der Waals surface area contributed by atoms with Crippen molar-refractivity contribution in [2.75, 3.05) is 27.4 Å². The van der Waals surface area contributed by atoms with Crippen LogP contribution in [0.25, 0.3) is 17.0 Å². The maximum Gasteiger partial charge on any atom is 0.258 e. The van der Waals surface area contributed by atoms with Crippen LogP contribution in [0.1, 0.15) is 30.8 Å². The van der Waals surface area contributed by atoms with Gasteiger partial charge in [0.05, 0.1) is 18.7 Å². The van der Waals surface area contributed by atoms with Crippen LogP contribution < -0.4 is 10.1 Å². The molecule has 33 heavy (non-hydrogen) atoms. The second-order valence-electron chi connectivity index (χ2n) is 7.59. The number of methoxy groups -OCH3 is 2. The summed E-state index contributed by atoms with van der Waals surface area (Å²) in [6, 6.07) is 14.9. The SMILES string of the molecule is COCCCN1C(=S)NC(c2cccc(Cl)c2)C(c2nc(-c3ccc(OC)cc3)no2)=C1C. The number of rotatable bonds is 8. The van der Waals surface area contributed by atoms with Crippen molar-refractivity contribution in [2.24, 2.45) is 0 Å². The summed E-state index contributed by atoms with van der Waals surface area (Å²) in [6.07, 6.45) is 0.825. The van der Waals surface area contributed by atoms with Gasteiger partial charge in [-0.05, 0) is 67.5 Å². The zero-order valence-electron chi connectivity index (χ0n) is 18.7. The number of benzene rings is 2. The molecule has 1 unspecified atom stereocenters. The van der Waals surface area contributed by atoms with E-state index in [2.05, 4.69) is 10.5 Å². The second kappa shape index (κ2) is 10.3. The molecule has 0 saturated carbocycles. The lowest BCUT2D eigenvalue weighted by atomic mass is 9.94. The third kappa shape index (κ3) is 5.03. The van der Waals surface area contributed by atoms with Crippen LogP contribution in [-0.4, -0.2) is 47.5 Å². The summed E-state index contributed by atoms with van der Waals surface area (Å²) in [6.45, 7) is 3.36. The predicted molar refractivity (Wildman–Crippen MR) is 132 cm³/mol. The topological polar surface area (TPSA) is 72.7 Å². The molecule has 2 aromatic carbocycles. The molecule has 0 radical (unpaired) electrons. The Kier molecular flexibility index (Phi) is 7.27. The monoisotopic (exact) mass is 484 g/mol. The summed E-state index contributed by atoms with van der Waals surface area (Å²) in [5.74, 6) is 1.69. The summed E-state index contributed by atoms with van der Waals surface area (Å²) in [5, 5.41) is 8.94. The van der Waals surface area contributed by atoms with Crippen molar-refractivity contribution in [3.05, 3.63) is 70.7 Å². The predicted octanol–water partition coefficient (Wildman–Crippen LogP) is 5.10. The highest BCUT2D eigenvalue weighted by Crippen LogP contribution is 2.38. The highest BCUT2D eigenvalue weighted by molar-refractivity contribution is 7.80. The Bertz CT molecular complexity index is 1160. The largest absolute Gasteiger partial charge is 0.497 e. The number of aromatic nitrogens is 2. The number of hydrogen-bond acceptors (Lipinski definition) is 6. The van der Waals surface area contributed by atoms with Gasteiger partial charge in [0.15, 0.2) is 5.11 Å². The average molecular weight is 485 g/mol. The second-order valence-corrected chi connectivity index (χ2v) is 8.41. The van der Waals surface area contributed by atoms with Gasteiger partial charge in [-0.3, -0.25) is 0 Å². The van der Waals surface area contributed by atoms with Gasteiger partial charge in [0.25, 0.3) is 5.89 Å². The molecule has 1 aliphatic heterocycles. The van der Waals surface area contributed by atoms with Crippen molar-refractivity contribution >= 4 is 34.5 Å². The molecule has 3 aromatic rings. The van der Waals surface area contributed by atoms with E-state index in [-0.39, 0.29) is 6.04 Å². The Morgan fingerprint density at radius 3 is 2.67 bits per heavy atom. The molecule has 1 aliphatic rings. The van der Waals surface area contributed by atoms with E-state index in [0.717, 1.165) is 34.6 Å². The summed E-state index contributed by atoms with van der Waals surface area (Å²) in [7, 11) is 3.32. The fourth-order valence-electron chi connectivity index (χ4n) is 3.82. The van der Waals surface area contributed by atoms with Gasteiger partial charge in [0, 0.05) is 36.5 Å². The maximum absolute atomic E-state index is 6.29. The van der Waals surface area contributed by atoms with Gasteiger partial charge in [0.1, 0.15) is 5.75 Å². The minimum absolute atomic E-state index is 0.279. The van der Waals surface area contributed by atoms with Crippen molar-refractivity contribution in [1.29, 1.82) is 0 Å². The van der Waals surface area contributed by atoms with Gasteiger partial charge in [0.2, 0.25) is 5.82 Å². The van der Waals surface area contributed by atoms with Crippen molar-refractivity contribution < 1.29 is 14.0 Å². The van der Waals surface area contributed by atoms with E-state index < -0.39 is 0 Å². The zero-order chi connectivity index (χ0) is 23.4. The number of halogens is 1. The average Bonchev–Trinajstić information content (AvgIpc) is 3.30. The lowest BCUT2D eigenvalue weighted by molar-refractivity contribution is 0.188. The Morgan fingerprint density at radius 1 is 1.18 bits per heavy atom. The normalized spacial score (nSPS) is 16.2. The van der Waals surface area contributed by atoms with E-state index in [0.29, 0.717) is 35.0 Å². The molecule has 0 spiro atoms. The van der Waals surface area contributed by atoms with E-state index in [1.807, 2.05) is 60.4 Å². The number of hydrogen-bond donors (Lipinski definition) is 1. The van der Waals surface area contributed by atoms with E-state index in [1.165, 1.54) is 0 Å². The summed E-state index contributed by atoms with van der Waals surface area (Å²) >= 11 is 12.0. The minimum atomic E-state index is -0.279. The highest BCUT2D eigenvalue weighted by atomic mass is 35.5. The smallest absolute Gasteiger partial charge is 0.258 e. The van der Waals surface area contributed by atoms with Crippen molar-refractivity contribution in [2.45, 2.75) is 19.4 Å². The van der Waals surface area contributed by atoms with Crippen LogP contribution in [-0.2, 0) is 4.74 Å². The molecule has 9 heteroatoms. The van der Waals surface area contributed by atoms with Crippen molar-refractivity contribution in [3.8, 4) is 17.1 Å². The number of ether oxygens (including phenoxy) is 2. The highest BCUT2D eigenvalue weighted by Gasteiger charge is 2.34. The van der Waals surface area contributed by atoms with Gasteiger partial charge < -0.3 is 24.2 Å². The molecule has 7 nitrogen and oxygen atoms in total. The van der Waals surface area contributed by atoms with Crippen LogP contribution in [0.4, 0.5) is 0 Å². The lowest BCUT2D eigenvalue weighted by Gasteiger charge is -2.37. The Hall–Kier alpha value is -2.94. The maximum atomic E-state index is 6.29. The first kappa shape index (κ1) is 23.2. The molecule has 4 rings (SSSR count). The Morgan fingerprint density at radius 2 is 1.97 bits per heavy atom. The standard InChI is InChI=1S/C24H25ClN4O3S/c1-15-20(23-27-22(28-32-23)16-8-10-19(31-3)11-9-16)21(17-6-4-7-18(25)14-17)26-24(33)29(15)12-5-13-30-2/h4,6-11,14,21H,5,12-13H2,1-3H3,(H,26,33). The quantitative estimate of drug-likeness (QED) is 0.350. The minimum Gasteiger partial charge on any atom is -0.497 e. The van der Waals surface area contributed by atoms with Crippen molar-refractivity contribution in [3.63, 3.8) is 0 Å². The van der Waals surface area contributed by atoms with Gasteiger partial charge in [-0.2, -0.15) is 4.98 Å². The summed E-state index contributed by atoms with van der Waals surface area (Å²) in [5.41, 5.74) is 3.60. The van der Waals surface area contributed by atoms with Crippen LogP contribution in [0.5, 0.6) is 5.75 Å². The van der Waals surface area contributed by atoms with Crippen LogP contribution in [0.2, 0.25) is 5.02 Å². The van der Waals surface area contributed by atoms with E-state index in [1.54, 1.807) is 14.2 Å². The first-order chi connectivity index (χ1) is 16.0. The summed E-state index contributed by atoms with van der Waals surface area (Å²) in [4.78, 5) is 6.76. The molecule has 2 heterocycles. The van der Waals surface area contributed by atoms with E-state index in [9.17, 15) is 0 Å². The van der Waals surface area contributed by atoms with E-state index >= 15 is 0 Å².